The Balaban J connectivity index is 1.39. The van der Waals surface area contributed by atoms with Gasteiger partial charge in [0.05, 0.1) is 27.4 Å². The Kier molecular flexibility index (Phi) is 6.89. The van der Waals surface area contributed by atoms with Crippen molar-refractivity contribution in [3.63, 3.8) is 0 Å². The minimum absolute atomic E-state index is 0.0112. The number of carbonyl (C=O) groups excluding carboxylic acids is 4. The summed E-state index contributed by atoms with van der Waals surface area (Å²) in [6.07, 6.45) is 3.26. The molecule has 0 spiro atoms. The van der Waals surface area contributed by atoms with E-state index in [1.54, 1.807) is 37.3 Å². The van der Waals surface area contributed by atoms with Crippen molar-refractivity contribution in [2.75, 3.05) is 23.9 Å². The van der Waals surface area contributed by atoms with Gasteiger partial charge >= 0.3 is 11.4 Å². The number of ketones is 2. The Hall–Kier alpha value is -5.98. The normalized spacial score (nSPS) is 23.4. The predicted octanol–water partition coefficient (Wildman–Crippen LogP) is 5.06. The molecule has 0 bridgehead atoms. The lowest BCUT2D eigenvalue weighted by Gasteiger charge is -2.42. The number of hydrogen-bond donors (Lipinski definition) is 1. The van der Waals surface area contributed by atoms with Crippen molar-refractivity contribution in [3.05, 3.63) is 109 Å². The molecule has 0 unspecified atom stereocenters. The van der Waals surface area contributed by atoms with Gasteiger partial charge in [0.1, 0.15) is 5.75 Å². The van der Waals surface area contributed by atoms with Gasteiger partial charge in [0.2, 0.25) is 11.8 Å². The van der Waals surface area contributed by atoms with Crippen LogP contribution in [-0.4, -0.2) is 52.4 Å². The largest absolute Gasteiger partial charge is 0.507 e. The van der Waals surface area contributed by atoms with Gasteiger partial charge in [-0.3, -0.25) is 39.4 Å². The van der Waals surface area contributed by atoms with Gasteiger partial charge in [0, 0.05) is 54.3 Å². The number of aromatic hydroxyl groups is 1. The first-order chi connectivity index (χ1) is 22.8. The van der Waals surface area contributed by atoms with Gasteiger partial charge in [0.25, 0.3) is 0 Å². The maximum absolute atomic E-state index is 14.4. The van der Waals surface area contributed by atoms with E-state index in [0.29, 0.717) is 27.5 Å². The average Bonchev–Trinajstić information content (AvgIpc) is 3.31. The third-order valence-electron chi connectivity index (χ3n) is 9.96. The van der Waals surface area contributed by atoms with Gasteiger partial charge in [0.15, 0.2) is 17.3 Å². The summed E-state index contributed by atoms with van der Waals surface area (Å²) in [6.45, 7) is 1.55. The molecule has 4 atom stereocenters. The first-order valence-corrected chi connectivity index (χ1v) is 15.2. The fourth-order valence-corrected chi connectivity index (χ4v) is 8.01. The van der Waals surface area contributed by atoms with E-state index in [-0.39, 0.29) is 52.7 Å². The molecular weight excluding hydrogens is 620 g/mol. The summed E-state index contributed by atoms with van der Waals surface area (Å²) in [5, 5.41) is 35.9. The van der Waals surface area contributed by atoms with E-state index in [1.165, 1.54) is 31.1 Å². The lowest BCUT2D eigenvalue weighted by Crippen LogP contribution is -2.39. The van der Waals surface area contributed by atoms with Crippen LogP contribution in [0, 0.1) is 38.0 Å². The second kappa shape index (κ2) is 10.8. The first-order valence-electron chi connectivity index (χ1n) is 15.2. The highest BCUT2D eigenvalue weighted by Gasteiger charge is 2.57. The zero-order valence-electron chi connectivity index (χ0n) is 26.0. The molecule has 1 aliphatic heterocycles. The first kappa shape index (κ1) is 30.7. The van der Waals surface area contributed by atoms with Gasteiger partial charge in [-0.15, -0.1) is 0 Å². The van der Waals surface area contributed by atoms with Crippen LogP contribution in [0.3, 0.4) is 0 Å². The number of carbonyl (C=O) groups is 4. The molecule has 0 saturated carbocycles. The second-order valence-electron chi connectivity index (χ2n) is 12.7. The van der Waals surface area contributed by atoms with Crippen LogP contribution in [0.2, 0.25) is 0 Å². The molecule has 13 heteroatoms. The molecule has 2 amide bonds. The number of benzene rings is 3. The Morgan fingerprint density at radius 1 is 0.896 bits per heavy atom. The lowest BCUT2D eigenvalue weighted by atomic mass is 9.59. The highest BCUT2D eigenvalue weighted by molar-refractivity contribution is 6.25. The summed E-state index contributed by atoms with van der Waals surface area (Å²) in [6, 6.07) is 12.3. The van der Waals surface area contributed by atoms with Gasteiger partial charge in [-0.1, -0.05) is 42.0 Å². The smallest absolute Gasteiger partial charge is 0.301 e. The summed E-state index contributed by atoms with van der Waals surface area (Å²) in [5.41, 5.74) is 0.285. The molecule has 1 saturated heterocycles. The number of amides is 2. The number of Topliss-reactive ketones (excluding diaryl/α,β-unsaturated/α-hetero) is 1. The molecule has 1 heterocycles. The number of rotatable bonds is 5. The standard InChI is InChI=1S/C35H28N4O9/c1-16-12-28(41)31-24(33(16)42)15-23-21(29(31)20-10-11-27(40)19-7-5-4-6-18(19)20)8-9-22-30(23)35(44)37(34(22)43)17-13-25(38(45)46)32(36(2)3)26(14-17)39(47)48/h4-8,10-14,22-23,29-30,40H,9,15H2,1-3H3/t22-,23+,29-,30-/m0/s1. The highest BCUT2D eigenvalue weighted by atomic mass is 16.6. The molecule has 3 aliphatic carbocycles. The van der Waals surface area contributed by atoms with Crippen molar-refractivity contribution < 1.29 is 34.1 Å². The third kappa shape index (κ3) is 4.30. The van der Waals surface area contributed by atoms with Gasteiger partial charge in [-0.2, -0.15) is 0 Å². The summed E-state index contributed by atoms with van der Waals surface area (Å²) >= 11 is 0. The number of fused-ring (bicyclic) bond motifs is 4. The minimum Gasteiger partial charge on any atom is -0.507 e. The SMILES string of the molecule is CC1=CC(=O)C2=C(C[C@@H]3C(=CC[C@@H]4C(=O)N(c5cc([N+](=O)[O-])c(N(C)C)c([N+](=O)[O-])c5)C(=O)[C@@H]43)[C@@H]2c2ccc(O)c3ccccc23)C1=O. The summed E-state index contributed by atoms with van der Waals surface area (Å²) < 4.78 is 0. The Labute approximate surface area is 272 Å². The molecule has 3 aromatic carbocycles. The third-order valence-corrected chi connectivity index (χ3v) is 9.96. The summed E-state index contributed by atoms with van der Waals surface area (Å²) in [7, 11) is 2.83. The molecular formula is C35H28N4O9. The molecule has 242 valence electrons. The number of phenols is 1. The molecule has 0 aromatic heterocycles. The molecule has 1 fully saturated rings. The van der Waals surface area contributed by atoms with Crippen LogP contribution in [-0.2, 0) is 19.2 Å². The van der Waals surface area contributed by atoms with Crippen LogP contribution < -0.4 is 9.80 Å². The Morgan fingerprint density at radius 3 is 2.17 bits per heavy atom. The summed E-state index contributed by atoms with van der Waals surface area (Å²) in [4.78, 5) is 80.2. The monoisotopic (exact) mass is 648 g/mol. The van der Waals surface area contributed by atoms with Gasteiger partial charge in [-0.05, 0) is 48.8 Å². The number of imide groups is 1. The van der Waals surface area contributed by atoms with Crippen molar-refractivity contribution in [3.8, 4) is 5.75 Å². The number of phenolic OH excluding ortho intramolecular Hbond substituents is 1. The molecule has 3 aromatic rings. The lowest BCUT2D eigenvalue weighted by molar-refractivity contribution is -0.392. The van der Waals surface area contributed by atoms with E-state index in [9.17, 15) is 44.5 Å². The molecule has 1 N–H and O–H groups in total. The number of nitro benzene ring substituents is 2. The van der Waals surface area contributed by atoms with Crippen LogP contribution in [0.15, 0.2) is 83.0 Å². The van der Waals surface area contributed by atoms with E-state index >= 15 is 0 Å². The Morgan fingerprint density at radius 2 is 1.54 bits per heavy atom. The van der Waals surface area contributed by atoms with E-state index < -0.39 is 56.7 Å². The Bertz CT molecular complexity index is 2130. The quantitative estimate of drug-likeness (QED) is 0.129. The minimum atomic E-state index is -1.00. The fraction of sp³-hybridized carbons (Fsp3) is 0.257. The van der Waals surface area contributed by atoms with Crippen LogP contribution in [0.4, 0.5) is 22.7 Å². The van der Waals surface area contributed by atoms with Gasteiger partial charge in [-0.25, -0.2) is 4.90 Å². The van der Waals surface area contributed by atoms with Crippen molar-refractivity contribution in [1.82, 2.24) is 0 Å². The molecule has 48 heavy (non-hydrogen) atoms. The van der Waals surface area contributed by atoms with Crippen molar-refractivity contribution in [2.45, 2.75) is 25.7 Å². The number of hydrogen-bond acceptors (Lipinski definition) is 10. The number of nitrogens with zero attached hydrogens (tertiary/aromatic N) is 4. The van der Waals surface area contributed by atoms with Crippen LogP contribution in [0.25, 0.3) is 10.8 Å². The average molecular weight is 649 g/mol. The topological polar surface area (TPSA) is 181 Å². The fourth-order valence-electron chi connectivity index (χ4n) is 8.01. The van der Waals surface area contributed by atoms with E-state index in [0.717, 1.165) is 17.0 Å². The van der Waals surface area contributed by atoms with Crippen molar-refractivity contribution >= 4 is 56.9 Å². The maximum atomic E-state index is 14.4. The summed E-state index contributed by atoms with van der Waals surface area (Å²) in [5.74, 6) is -5.34. The number of anilines is 2. The van der Waals surface area contributed by atoms with E-state index in [2.05, 4.69) is 0 Å². The molecule has 4 aliphatic rings. The van der Waals surface area contributed by atoms with Crippen molar-refractivity contribution in [2.24, 2.45) is 17.8 Å². The molecule has 13 nitrogen and oxygen atoms in total. The zero-order chi connectivity index (χ0) is 34.3. The van der Waals surface area contributed by atoms with E-state index in [4.69, 9.17) is 0 Å². The second-order valence-corrected chi connectivity index (χ2v) is 12.7. The van der Waals surface area contributed by atoms with Crippen LogP contribution in [0.1, 0.15) is 31.2 Å². The molecule has 7 rings (SSSR count). The van der Waals surface area contributed by atoms with Crippen LogP contribution in [0.5, 0.6) is 5.75 Å². The number of nitro groups is 2. The van der Waals surface area contributed by atoms with E-state index in [1.807, 2.05) is 6.08 Å². The maximum Gasteiger partial charge on any atom is 0.301 e. The predicted molar refractivity (Wildman–Crippen MR) is 174 cm³/mol. The molecule has 0 radical (unpaired) electrons. The number of allylic oxidation sites excluding steroid dienone is 6. The highest BCUT2D eigenvalue weighted by Crippen LogP contribution is 2.56. The van der Waals surface area contributed by atoms with Crippen LogP contribution >= 0.6 is 0 Å². The van der Waals surface area contributed by atoms with Gasteiger partial charge < -0.3 is 10.0 Å². The zero-order valence-corrected chi connectivity index (χ0v) is 26.0. The van der Waals surface area contributed by atoms with Crippen molar-refractivity contribution in [1.29, 1.82) is 0 Å².